The molecule has 4 nitrogen and oxygen atoms in total. The van der Waals surface area contributed by atoms with E-state index in [4.69, 9.17) is 5.11 Å². The van der Waals surface area contributed by atoms with Crippen molar-refractivity contribution in [3.05, 3.63) is 35.9 Å². The monoisotopic (exact) mass is 251 g/mol. The van der Waals surface area contributed by atoms with Gasteiger partial charge in [-0.3, -0.25) is 4.79 Å². The van der Waals surface area contributed by atoms with Gasteiger partial charge < -0.3 is 10.4 Å². The SMILES string of the molecule is CSCC(=O)Nc1ccc(/C=C/C(=O)O)cc1. The molecule has 0 aliphatic heterocycles. The third-order valence-electron chi connectivity index (χ3n) is 1.89. The summed E-state index contributed by atoms with van der Waals surface area (Å²) in [5, 5.41) is 11.2. The molecule has 2 N–H and O–H groups in total. The summed E-state index contributed by atoms with van der Waals surface area (Å²) in [6, 6.07) is 6.96. The van der Waals surface area contributed by atoms with Crippen LogP contribution in [0.1, 0.15) is 5.56 Å². The van der Waals surface area contributed by atoms with Gasteiger partial charge in [0, 0.05) is 11.8 Å². The van der Waals surface area contributed by atoms with Gasteiger partial charge in [-0.25, -0.2) is 4.79 Å². The molecular weight excluding hydrogens is 238 g/mol. The second kappa shape index (κ2) is 6.75. The fourth-order valence-electron chi connectivity index (χ4n) is 1.17. The van der Waals surface area contributed by atoms with Crippen LogP contribution in [0.4, 0.5) is 5.69 Å². The topological polar surface area (TPSA) is 66.4 Å². The summed E-state index contributed by atoms with van der Waals surface area (Å²) in [5.74, 6) is -0.616. The first-order valence-corrected chi connectivity index (χ1v) is 6.31. The summed E-state index contributed by atoms with van der Waals surface area (Å²) >= 11 is 1.45. The van der Waals surface area contributed by atoms with Crippen LogP contribution in [0.25, 0.3) is 6.08 Å². The largest absolute Gasteiger partial charge is 0.478 e. The molecule has 5 heteroatoms. The minimum Gasteiger partial charge on any atom is -0.478 e. The number of hydrogen-bond acceptors (Lipinski definition) is 3. The normalized spacial score (nSPS) is 10.4. The highest BCUT2D eigenvalue weighted by Gasteiger charge is 2.00. The van der Waals surface area contributed by atoms with Gasteiger partial charge >= 0.3 is 5.97 Å². The van der Waals surface area contributed by atoms with Gasteiger partial charge in [0.15, 0.2) is 0 Å². The Morgan fingerprint density at radius 1 is 1.35 bits per heavy atom. The average Bonchev–Trinajstić information content (AvgIpc) is 2.28. The molecule has 17 heavy (non-hydrogen) atoms. The Labute approximate surface area is 104 Å². The molecule has 0 fully saturated rings. The number of carboxylic acid groups (broad SMARTS) is 1. The number of benzene rings is 1. The highest BCUT2D eigenvalue weighted by atomic mass is 32.2. The average molecular weight is 251 g/mol. The smallest absolute Gasteiger partial charge is 0.328 e. The maximum Gasteiger partial charge on any atom is 0.328 e. The van der Waals surface area contributed by atoms with Crippen molar-refractivity contribution in [1.29, 1.82) is 0 Å². The predicted molar refractivity (Wildman–Crippen MR) is 70.1 cm³/mol. The van der Waals surface area contributed by atoms with E-state index in [0.29, 0.717) is 11.4 Å². The van der Waals surface area contributed by atoms with E-state index < -0.39 is 5.97 Å². The first-order chi connectivity index (χ1) is 8.11. The standard InChI is InChI=1S/C12H13NO3S/c1-17-8-11(14)13-10-5-2-9(3-6-10)4-7-12(15)16/h2-7H,8H2,1H3,(H,13,14)(H,15,16)/b7-4+. The number of nitrogens with one attached hydrogen (secondary N) is 1. The molecule has 0 heterocycles. The van der Waals surface area contributed by atoms with Crippen LogP contribution in [0, 0.1) is 0 Å². The molecule has 0 unspecified atom stereocenters. The summed E-state index contributed by atoms with van der Waals surface area (Å²) < 4.78 is 0. The van der Waals surface area contributed by atoms with E-state index in [1.54, 1.807) is 24.3 Å². The van der Waals surface area contributed by atoms with Crippen LogP contribution in [0.3, 0.4) is 0 Å². The molecule has 0 bridgehead atoms. The Hall–Kier alpha value is -1.75. The number of thioether (sulfide) groups is 1. The Kier molecular flexibility index (Phi) is 5.29. The Bertz CT molecular complexity index is 426. The maximum atomic E-state index is 11.3. The number of rotatable bonds is 5. The molecule has 1 rings (SSSR count). The lowest BCUT2D eigenvalue weighted by Gasteiger charge is -2.03. The van der Waals surface area contributed by atoms with Gasteiger partial charge in [0.2, 0.25) is 5.91 Å². The zero-order valence-electron chi connectivity index (χ0n) is 9.34. The Morgan fingerprint density at radius 2 is 2.00 bits per heavy atom. The van der Waals surface area contributed by atoms with Gasteiger partial charge in [-0.05, 0) is 30.0 Å². The predicted octanol–water partition coefficient (Wildman–Crippen LogP) is 2.09. The molecule has 1 aromatic carbocycles. The lowest BCUT2D eigenvalue weighted by atomic mass is 10.2. The van der Waals surface area contributed by atoms with Gasteiger partial charge in [0.1, 0.15) is 0 Å². The number of carboxylic acids is 1. The summed E-state index contributed by atoms with van der Waals surface area (Å²) in [6.45, 7) is 0. The van der Waals surface area contributed by atoms with Crippen molar-refractivity contribution in [2.75, 3.05) is 17.3 Å². The number of anilines is 1. The van der Waals surface area contributed by atoms with E-state index in [1.165, 1.54) is 17.8 Å². The lowest BCUT2D eigenvalue weighted by molar-refractivity contribution is -0.131. The molecule has 0 radical (unpaired) electrons. The van der Waals surface area contributed by atoms with E-state index in [0.717, 1.165) is 11.6 Å². The molecule has 0 aliphatic carbocycles. The summed E-state index contributed by atoms with van der Waals surface area (Å²) in [7, 11) is 0. The lowest BCUT2D eigenvalue weighted by Crippen LogP contribution is -2.13. The van der Waals surface area contributed by atoms with Crippen molar-refractivity contribution in [1.82, 2.24) is 0 Å². The van der Waals surface area contributed by atoms with Crippen molar-refractivity contribution < 1.29 is 14.7 Å². The van der Waals surface area contributed by atoms with Crippen LogP contribution >= 0.6 is 11.8 Å². The van der Waals surface area contributed by atoms with Crippen LogP contribution in [-0.4, -0.2) is 29.0 Å². The zero-order chi connectivity index (χ0) is 12.7. The summed E-state index contributed by atoms with van der Waals surface area (Å²) in [6.07, 6.45) is 4.43. The number of aliphatic carboxylic acids is 1. The van der Waals surface area contributed by atoms with Crippen molar-refractivity contribution in [3.8, 4) is 0 Å². The fraction of sp³-hybridized carbons (Fsp3) is 0.167. The molecule has 0 atom stereocenters. The van der Waals surface area contributed by atoms with E-state index in [-0.39, 0.29) is 5.91 Å². The molecule has 1 aromatic rings. The fourth-order valence-corrected chi connectivity index (χ4v) is 1.51. The third kappa shape index (κ3) is 5.21. The zero-order valence-corrected chi connectivity index (χ0v) is 10.2. The van der Waals surface area contributed by atoms with E-state index in [2.05, 4.69) is 5.32 Å². The number of carbonyl (C=O) groups is 2. The van der Waals surface area contributed by atoms with Crippen molar-refractivity contribution in [2.24, 2.45) is 0 Å². The summed E-state index contributed by atoms with van der Waals surface area (Å²) in [5.41, 5.74) is 1.48. The van der Waals surface area contributed by atoms with Crippen molar-refractivity contribution in [3.63, 3.8) is 0 Å². The van der Waals surface area contributed by atoms with Gasteiger partial charge in [0.25, 0.3) is 0 Å². The number of hydrogen-bond donors (Lipinski definition) is 2. The van der Waals surface area contributed by atoms with Crippen LogP contribution in [-0.2, 0) is 9.59 Å². The van der Waals surface area contributed by atoms with Crippen molar-refractivity contribution in [2.45, 2.75) is 0 Å². The number of amides is 1. The van der Waals surface area contributed by atoms with Gasteiger partial charge in [-0.2, -0.15) is 11.8 Å². The molecule has 0 saturated heterocycles. The van der Waals surface area contributed by atoms with E-state index in [9.17, 15) is 9.59 Å². The highest BCUT2D eigenvalue weighted by Crippen LogP contribution is 2.11. The molecule has 0 saturated carbocycles. The second-order valence-corrected chi connectivity index (χ2v) is 4.14. The van der Waals surface area contributed by atoms with Gasteiger partial charge in [0.05, 0.1) is 5.75 Å². The van der Waals surface area contributed by atoms with Crippen LogP contribution in [0.2, 0.25) is 0 Å². The first kappa shape index (κ1) is 13.3. The minimum absolute atomic E-state index is 0.0497. The molecule has 90 valence electrons. The summed E-state index contributed by atoms with van der Waals surface area (Å²) in [4.78, 5) is 21.6. The molecule has 1 amide bonds. The second-order valence-electron chi connectivity index (χ2n) is 3.27. The molecule has 0 spiro atoms. The third-order valence-corrected chi connectivity index (χ3v) is 2.44. The number of carbonyl (C=O) groups excluding carboxylic acids is 1. The maximum absolute atomic E-state index is 11.3. The Balaban J connectivity index is 2.62. The molecule has 0 aromatic heterocycles. The van der Waals surface area contributed by atoms with Crippen LogP contribution in [0.15, 0.2) is 30.3 Å². The quantitative estimate of drug-likeness (QED) is 0.786. The van der Waals surface area contributed by atoms with Crippen LogP contribution in [0.5, 0.6) is 0 Å². The van der Waals surface area contributed by atoms with E-state index >= 15 is 0 Å². The van der Waals surface area contributed by atoms with E-state index in [1.807, 2.05) is 6.26 Å². The molecular formula is C12H13NO3S. The van der Waals surface area contributed by atoms with Crippen LogP contribution < -0.4 is 5.32 Å². The highest BCUT2D eigenvalue weighted by molar-refractivity contribution is 7.99. The first-order valence-electron chi connectivity index (χ1n) is 4.91. The van der Waals surface area contributed by atoms with Crippen molar-refractivity contribution >= 4 is 35.4 Å². The van der Waals surface area contributed by atoms with Gasteiger partial charge in [-0.1, -0.05) is 12.1 Å². The Morgan fingerprint density at radius 3 is 2.53 bits per heavy atom. The molecule has 0 aliphatic rings. The minimum atomic E-state index is -0.984. The van der Waals surface area contributed by atoms with Gasteiger partial charge in [-0.15, -0.1) is 0 Å².